The third kappa shape index (κ3) is 4.61. The molecule has 3 rings (SSSR count). The standard InChI is InChI=1S/C19H18ClF3N2O2/c20-13-3-1-12(2-4-13)16(25-7-9-27-10-8-25)11-24-19(26)14-5-6-15(21)18(23)17(14)22/h1-6,16H,7-11H2,(H,24,26). The van der Waals surface area contributed by atoms with Crippen molar-refractivity contribution in [3.8, 4) is 0 Å². The van der Waals surface area contributed by atoms with Crippen molar-refractivity contribution >= 4 is 17.5 Å². The highest BCUT2D eigenvalue weighted by molar-refractivity contribution is 6.30. The van der Waals surface area contributed by atoms with E-state index in [4.69, 9.17) is 16.3 Å². The molecule has 0 radical (unpaired) electrons. The lowest BCUT2D eigenvalue weighted by molar-refractivity contribution is 0.0162. The van der Waals surface area contributed by atoms with Gasteiger partial charge in [-0.25, -0.2) is 13.2 Å². The van der Waals surface area contributed by atoms with Crippen LogP contribution in [0.5, 0.6) is 0 Å². The van der Waals surface area contributed by atoms with Crippen LogP contribution in [0.4, 0.5) is 13.2 Å². The molecule has 1 aliphatic rings. The molecular weight excluding hydrogens is 381 g/mol. The molecule has 1 saturated heterocycles. The molecule has 1 fully saturated rings. The van der Waals surface area contributed by atoms with Gasteiger partial charge < -0.3 is 10.1 Å². The Balaban J connectivity index is 1.77. The maximum atomic E-state index is 13.8. The molecule has 0 bridgehead atoms. The molecule has 8 heteroatoms. The fourth-order valence-electron chi connectivity index (χ4n) is 3.02. The maximum absolute atomic E-state index is 13.8. The molecule has 1 aliphatic heterocycles. The SMILES string of the molecule is O=C(NCC(c1ccc(Cl)cc1)N1CCOCC1)c1ccc(F)c(F)c1F. The number of morpholine rings is 1. The van der Waals surface area contributed by atoms with Gasteiger partial charge in [0.1, 0.15) is 0 Å². The molecule has 144 valence electrons. The number of nitrogens with zero attached hydrogens (tertiary/aromatic N) is 1. The molecule has 0 aliphatic carbocycles. The molecule has 2 aromatic rings. The zero-order chi connectivity index (χ0) is 19.4. The van der Waals surface area contributed by atoms with Gasteiger partial charge >= 0.3 is 0 Å². The van der Waals surface area contributed by atoms with E-state index in [2.05, 4.69) is 10.2 Å². The van der Waals surface area contributed by atoms with Gasteiger partial charge in [-0.1, -0.05) is 23.7 Å². The zero-order valence-electron chi connectivity index (χ0n) is 14.4. The highest BCUT2D eigenvalue weighted by Crippen LogP contribution is 2.23. The topological polar surface area (TPSA) is 41.6 Å². The minimum absolute atomic E-state index is 0.166. The number of carbonyl (C=O) groups excluding carboxylic acids is 1. The van der Waals surface area contributed by atoms with Crippen molar-refractivity contribution in [1.29, 1.82) is 0 Å². The fourth-order valence-corrected chi connectivity index (χ4v) is 3.14. The van der Waals surface area contributed by atoms with Crippen molar-refractivity contribution in [3.05, 3.63) is 70.0 Å². The number of hydrogen-bond acceptors (Lipinski definition) is 3. The van der Waals surface area contributed by atoms with Crippen LogP contribution in [0.15, 0.2) is 36.4 Å². The van der Waals surface area contributed by atoms with Gasteiger partial charge in [-0.3, -0.25) is 9.69 Å². The minimum atomic E-state index is -1.66. The van der Waals surface area contributed by atoms with Crippen molar-refractivity contribution in [2.75, 3.05) is 32.8 Å². The molecule has 4 nitrogen and oxygen atoms in total. The van der Waals surface area contributed by atoms with E-state index in [1.807, 2.05) is 12.1 Å². The third-order valence-corrected chi connectivity index (χ3v) is 4.73. The summed E-state index contributed by atoms with van der Waals surface area (Å²) in [4.78, 5) is 14.4. The quantitative estimate of drug-likeness (QED) is 0.783. The van der Waals surface area contributed by atoms with E-state index in [9.17, 15) is 18.0 Å². The average Bonchev–Trinajstić information content (AvgIpc) is 2.68. The molecule has 27 heavy (non-hydrogen) atoms. The van der Waals surface area contributed by atoms with Crippen LogP contribution in [0.3, 0.4) is 0 Å². The van der Waals surface area contributed by atoms with Gasteiger partial charge in [-0.2, -0.15) is 0 Å². The average molecular weight is 399 g/mol. The smallest absolute Gasteiger partial charge is 0.254 e. The van der Waals surface area contributed by atoms with Crippen LogP contribution in [-0.2, 0) is 4.74 Å². The number of carbonyl (C=O) groups is 1. The number of halogens is 4. The first-order valence-electron chi connectivity index (χ1n) is 8.46. The Bertz CT molecular complexity index is 811. The van der Waals surface area contributed by atoms with E-state index in [1.165, 1.54) is 0 Å². The molecule has 0 aromatic heterocycles. The second kappa shape index (κ2) is 8.73. The van der Waals surface area contributed by atoms with Crippen molar-refractivity contribution in [2.24, 2.45) is 0 Å². The summed E-state index contributed by atoms with van der Waals surface area (Å²) in [5.41, 5.74) is 0.387. The predicted octanol–water partition coefficient (Wildman–Crippen LogP) is 3.56. The van der Waals surface area contributed by atoms with Crippen LogP contribution in [0.2, 0.25) is 5.02 Å². The molecule has 1 unspecified atom stereocenters. The van der Waals surface area contributed by atoms with E-state index in [-0.39, 0.29) is 12.6 Å². The molecule has 0 saturated carbocycles. The van der Waals surface area contributed by atoms with Crippen LogP contribution in [0.25, 0.3) is 0 Å². The molecule has 1 atom stereocenters. The van der Waals surface area contributed by atoms with Crippen molar-refractivity contribution in [3.63, 3.8) is 0 Å². The Morgan fingerprint density at radius 3 is 2.41 bits per heavy atom. The minimum Gasteiger partial charge on any atom is -0.379 e. The van der Waals surface area contributed by atoms with E-state index in [0.717, 1.165) is 17.7 Å². The second-order valence-corrected chi connectivity index (χ2v) is 6.59. The first kappa shape index (κ1) is 19.7. The lowest BCUT2D eigenvalue weighted by Crippen LogP contribution is -2.44. The number of amides is 1. The maximum Gasteiger partial charge on any atom is 0.254 e. The van der Waals surface area contributed by atoms with Crippen molar-refractivity contribution in [2.45, 2.75) is 6.04 Å². The van der Waals surface area contributed by atoms with Gasteiger partial charge in [0, 0.05) is 24.7 Å². The number of benzene rings is 2. The summed E-state index contributed by atoms with van der Waals surface area (Å²) in [6, 6.07) is 8.67. The number of nitrogens with one attached hydrogen (secondary N) is 1. The first-order valence-corrected chi connectivity index (χ1v) is 8.84. The highest BCUT2D eigenvalue weighted by atomic mass is 35.5. The number of ether oxygens (including phenoxy) is 1. The predicted molar refractivity (Wildman–Crippen MR) is 95.2 cm³/mol. The van der Waals surface area contributed by atoms with Crippen molar-refractivity contribution in [1.82, 2.24) is 10.2 Å². The van der Waals surface area contributed by atoms with Gasteiger partial charge in [-0.15, -0.1) is 0 Å². The number of rotatable bonds is 5. The lowest BCUT2D eigenvalue weighted by atomic mass is 10.0. The van der Waals surface area contributed by atoms with Gasteiger partial charge in [0.15, 0.2) is 17.5 Å². The van der Waals surface area contributed by atoms with Crippen LogP contribution in [0, 0.1) is 17.5 Å². The van der Waals surface area contributed by atoms with Gasteiger partial charge in [-0.05, 0) is 29.8 Å². The summed E-state index contributed by atoms with van der Waals surface area (Å²) in [6.07, 6.45) is 0. The van der Waals surface area contributed by atoms with Crippen molar-refractivity contribution < 1.29 is 22.7 Å². The largest absolute Gasteiger partial charge is 0.379 e. The molecule has 1 N–H and O–H groups in total. The summed E-state index contributed by atoms with van der Waals surface area (Å²) < 4.78 is 45.6. The van der Waals surface area contributed by atoms with E-state index in [0.29, 0.717) is 31.3 Å². The Kier molecular flexibility index (Phi) is 6.36. The molecule has 1 amide bonds. The molecule has 2 aromatic carbocycles. The zero-order valence-corrected chi connectivity index (χ0v) is 15.1. The third-order valence-electron chi connectivity index (χ3n) is 4.48. The monoisotopic (exact) mass is 398 g/mol. The van der Waals surface area contributed by atoms with E-state index < -0.39 is 28.9 Å². The van der Waals surface area contributed by atoms with Gasteiger partial charge in [0.05, 0.1) is 24.8 Å². The van der Waals surface area contributed by atoms with Crippen LogP contribution < -0.4 is 5.32 Å². The Morgan fingerprint density at radius 1 is 1.07 bits per heavy atom. The lowest BCUT2D eigenvalue weighted by Gasteiger charge is -2.35. The van der Waals surface area contributed by atoms with Crippen LogP contribution in [-0.4, -0.2) is 43.7 Å². The summed E-state index contributed by atoms with van der Waals surface area (Å²) >= 11 is 5.94. The number of hydrogen-bond donors (Lipinski definition) is 1. The summed E-state index contributed by atoms with van der Waals surface area (Å²) in [7, 11) is 0. The van der Waals surface area contributed by atoms with E-state index >= 15 is 0 Å². The van der Waals surface area contributed by atoms with Gasteiger partial charge in [0.25, 0.3) is 5.91 Å². The molecule has 1 heterocycles. The van der Waals surface area contributed by atoms with E-state index in [1.54, 1.807) is 12.1 Å². The second-order valence-electron chi connectivity index (χ2n) is 6.15. The van der Waals surface area contributed by atoms with Crippen LogP contribution in [0.1, 0.15) is 22.0 Å². The highest BCUT2D eigenvalue weighted by Gasteiger charge is 2.25. The first-order chi connectivity index (χ1) is 13.0. The summed E-state index contributed by atoms with van der Waals surface area (Å²) in [5.74, 6) is -5.30. The Hall–Kier alpha value is -2.09. The Morgan fingerprint density at radius 2 is 1.74 bits per heavy atom. The van der Waals surface area contributed by atoms with Gasteiger partial charge in [0.2, 0.25) is 0 Å². The fraction of sp³-hybridized carbons (Fsp3) is 0.316. The molecular formula is C19H18ClF3N2O2. The Labute approximate surface area is 159 Å². The van der Waals surface area contributed by atoms with Crippen LogP contribution >= 0.6 is 11.6 Å². The summed E-state index contributed by atoms with van der Waals surface area (Å²) in [5, 5.41) is 3.20. The molecule has 0 spiro atoms. The summed E-state index contributed by atoms with van der Waals surface area (Å²) in [6.45, 7) is 2.63. The normalized spacial score (nSPS) is 16.1.